The Balaban J connectivity index is 2.20. The van der Waals surface area contributed by atoms with Crippen molar-refractivity contribution in [1.29, 1.82) is 0 Å². The zero-order valence-electron chi connectivity index (χ0n) is 14.9. The third kappa shape index (κ3) is 4.06. The van der Waals surface area contributed by atoms with Crippen molar-refractivity contribution in [3.05, 3.63) is 83.7 Å². The molecule has 1 heterocycles. The van der Waals surface area contributed by atoms with Crippen LogP contribution in [0.3, 0.4) is 0 Å². The van der Waals surface area contributed by atoms with Crippen molar-refractivity contribution in [3.63, 3.8) is 0 Å². The predicted octanol–water partition coefficient (Wildman–Crippen LogP) is 6.23. The summed E-state index contributed by atoms with van der Waals surface area (Å²) in [4.78, 5) is 14.1. The molecular weight excluding hydrogens is 342 g/mol. The third-order valence-corrected chi connectivity index (χ3v) is 4.21. The molecule has 0 radical (unpaired) electrons. The fourth-order valence-electron chi connectivity index (χ4n) is 2.53. The number of aromatic nitrogens is 3. The van der Waals surface area contributed by atoms with Crippen LogP contribution < -0.4 is 0 Å². The summed E-state index contributed by atoms with van der Waals surface area (Å²) in [6.45, 7) is 4.08. The number of nitrogens with zero attached hydrogens (tertiary/aromatic N) is 3. The highest BCUT2D eigenvalue weighted by atomic mass is 35.5. The summed E-state index contributed by atoms with van der Waals surface area (Å²) in [6.07, 6.45) is 7.09. The summed E-state index contributed by atoms with van der Waals surface area (Å²) in [5.74, 6) is 1.85. The number of halogens is 1. The van der Waals surface area contributed by atoms with Gasteiger partial charge in [0.15, 0.2) is 17.5 Å². The maximum Gasteiger partial charge on any atom is 0.165 e. The van der Waals surface area contributed by atoms with Crippen LogP contribution in [0.2, 0.25) is 5.02 Å². The molecule has 0 amide bonds. The SMILES string of the molecule is C/C=C(\C=C/CC)c1nc(-c2ccccc2)nc(-c2ccccc2Cl)n1. The molecular formula is C22H20ClN3. The van der Waals surface area contributed by atoms with E-state index in [1.165, 1.54) is 0 Å². The Morgan fingerprint density at radius 3 is 2.31 bits per heavy atom. The standard InChI is InChI=1S/C22H20ClN3/c1-3-5-11-16(4-2)20-24-21(17-12-7-6-8-13-17)26-22(25-20)18-14-9-10-15-19(18)23/h4-15H,3H2,1-2H3/b11-5-,16-4+. The number of rotatable bonds is 5. The van der Waals surface area contributed by atoms with Gasteiger partial charge in [0.25, 0.3) is 0 Å². The van der Waals surface area contributed by atoms with Gasteiger partial charge in [-0.05, 0) is 25.5 Å². The van der Waals surface area contributed by atoms with E-state index in [4.69, 9.17) is 16.6 Å². The molecule has 0 bridgehead atoms. The summed E-state index contributed by atoms with van der Waals surface area (Å²) < 4.78 is 0. The quantitative estimate of drug-likeness (QED) is 0.505. The largest absolute Gasteiger partial charge is 0.208 e. The maximum atomic E-state index is 6.38. The molecule has 0 fully saturated rings. The van der Waals surface area contributed by atoms with Gasteiger partial charge in [-0.3, -0.25) is 0 Å². The molecule has 0 aliphatic heterocycles. The fraction of sp³-hybridized carbons (Fsp3) is 0.136. The van der Waals surface area contributed by atoms with Gasteiger partial charge in [0.1, 0.15) is 0 Å². The van der Waals surface area contributed by atoms with E-state index in [1.54, 1.807) is 0 Å². The van der Waals surface area contributed by atoms with Gasteiger partial charge in [0.2, 0.25) is 0 Å². The molecule has 0 saturated heterocycles. The molecule has 3 nitrogen and oxygen atoms in total. The van der Waals surface area contributed by atoms with Crippen LogP contribution in [0.5, 0.6) is 0 Å². The Labute approximate surface area is 159 Å². The molecule has 0 unspecified atom stereocenters. The second kappa shape index (κ2) is 8.54. The number of hydrogen-bond donors (Lipinski definition) is 0. The lowest BCUT2D eigenvalue weighted by molar-refractivity contribution is 1.04. The summed E-state index contributed by atoms with van der Waals surface area (Å²) in [5.41, 5.74) is 2.70. The molecule has 26 heavy (non-hydrogen) atoms. The van der Waals surface area contributed by atoms with Gasteiger partial charge in [0.05, 0.1) is 5.02 Å². The molecule has 0 spiro atoms. The number of allylic oxidation sites excluding steroid dienone is 4. The van der Waals surface area contributed by atoms with Crippen molar-refractivity contribution in [2.75, 3.05) is 0 Å². The van der Waals surface area contributed by atoms with Crippen molar-refractivity contribution >= 4 is 17.2 Å². The lowest BCUT2D eigenvalue weighted by Crippen LogP contribution is -2.02. The minimum Gasteiger partial charge on any atom is -0.208 e. The van der Waals surface area contributed by atoms with E-state index < -0.39 is 0 Å². The van der Waals surface area contributed by atoms with E-state index in [1.807, 2.05) is 73.7 Å². The first-order valence-corrected chi connectivity index (χ1v) is 9.00. The van der Waals surface area contributed by atoms with Crippen molar-refractivity contribution in [2.24, 2.45) is 0 Å². The average molecular weight is 362 g/mol. The van der Waals surface area contributed by atoms with E-state index >= 15 is 0 Å². The van der Waals surface area contributed by atoms with E-state index in [9.17, 15) is 0 Å². The van der Waals surface area contributed by atoms with E-state index in [0.29, 0.717) is 22.5 Å². The van der Waals surface area contributed by atoms with Crippen LogP contribution in [-0.2, 0) is 0 Å². The fourth-order valence-corrected chi connectivity index (χ4v) is 2.75. The second-order valence-electron chi connectivity index (χ2n) is 5.71. The first kappa shape index (κ1) is 18.0. The summed E-state index contributed by atoms with van der Waals surface area (Å²) in [7, 11) is 0. The zero-order chi connectivity index (χ0) is 18.4. The van der Waals surface area contributed by atoms with Crippen LogP contribution in [0.15, 0.2) is 72.8 Å². The lowest BCUT2D eigenvalue weighted by atomic mass is 10.1. The van der Waals surface area contributed by atoms with Gasteiger partial charge >= 0.3 is 0 Å². The molecule has 0 atom stereocenters. The van der Waals surface area contributed by atoms with E-state index in [-0.39, 0.29) is 0 Å². The molecule has 0 saturated carbocycles. The molecule has 4 heteroatoms. The topological polar surface area (TPSA) is 38.7 Å². The molecule has 3 rings (SSSR count). The second-order valence-corrected chi connectivity index (χ2v) is 6.11. The van der Waals surface area contributed by atoms with Gasteiger partial charge in [-0.15, -0.1) is 0 Å². The normalized spacial score (nSPS) is 11.9. The number of hydrogen-bond acceptors (Lipinski definition) is 3. The summed E-state index contributed by atoms with van der Waals surface area (Å²) in [6, 6.07) is 17.5. The Morgan fingerprint density at radius 2 is 1.62 bits per heavy atom. The van der Waals surface area contributed by atoms with Gasteiger partial charge < -0.3 is 0 Å². The van der Waals surface area contributed by atoms with Crippen LogP contribution >= 0.6 is 11.6 Å². The average Bonchev–Trinajstić information content (AvgIpc) is 2.69. The van der Waals surface area contributed by atoms with Gasteiger partial charge in [0, 0.05) is 16.7 Å². The zero-order valence-corrected chi connectivity index (χ0v) is 15.6. The molecule has 3 aromatic rings. The van der Waals surface area contributed by atoms with Crippen LogP contribution in [-0.4, -0.2) is 15.0 Å². The molecule has 0 aliphatic carbocycles. The van der Waals surface area contributed by atoms with Gasteiger partial charge in [-0.1, -0.05) is 79.2 Å². The summed E-state index contributed by atoms with van der Waals surface area (Å²) in [5, 5.41) is 0.620. The minimum absolute atomic E-state index is 0.573. The van der Waals surface area contributed by atoms with Gasteiger partial charge in [-0.25, -0.2) is 15.0 Å². The number of benzene rings is 2. The smallest absolute Gasteiger partial charge is 0.165 e. The first-order chi connectivity index (χ1) is 12.7. The van der Waals surface area contributed by atoms with Crippen LogP contribution in [0.1, 0.15) is 26.1 Å². The monoisotopic (exact) mass is 361 g/mol. The highest BCUT2D eigenvalue weighted by Crippen LogP contribution is 2.27. The maximum absolute atomic E-state index is 6.38. The highest BCUT2D eigenvalue weighted by Gasteiger charge is 2.13. The molecule has 1 aromatic heterocycles. The van der Waals surface area contributed by atoms with E-state index in [0.717, 1.165) is 23.1 Å². The van der Waals surface area contributed by atoms with Crippen LogP contribution in [0.25, 0.3) is 28.3 Å². The van der Waals surface area contributed by atoms with Crippen molar-refractivity contribution in [3.8, 4) is 22.8 Å². The molecule has 0 aliphatic rings. The molecule has 2 aromatic carbocycles. The molecule has 130 valence electrons. The van der Waals surface area contributed by atoms with Crippen molar-refractivity contribution < 1.29 is 0 Å². The van der Waals surface area contributed by atoms with E-state index in [2.05, 4.69) is 23.0 Å². The minimum atomic E-state index is 0.573. The Hall–Kier alpha value is -2.78. The van der Waals surface area contributed by atoms with Crippen LogP contribution in [0.4, 0.5) is 0 Å². The third-order valence-electron chi connectivity index (χ3n) is 3.88. The Kier molecular flexibility index (Phi) is 5.92. The molecule has 0 N–H and O–H groups in total. The van der Waals surface area contributed by atoms with Crippen molar-refractivity contribution in [2.45, 2.75) is 20.3 Å². The lowest BCUT2D eigenvalue weighted by Gasteiger charge is -2.09. The van der Waals surface area contributed by atoms with Crippen LogP contribution in [0, 0.1) is 0 Å². The highest BCUT2D eigenvalue weighted by molar-refractivity contribution is 6.33. The first-order valence-electron chi connectivity index (χ1n) is 8.62. The Bertz CT molecular complexity index is 947. The summed E-state index contributed by atoms with van der Waals surface area (Å²) >= 11 is 6.38. The Morgan fingerprint density at radius 1 is 0.923 bits per heavy atom. The predicted molar refractivity (Wildman–Crippen MR) is 109 cm³/mol. The van der Waals surface area contributed by atoms with Crippen molar-refractivity contribution in [1.82, 2.24) is 15.0 Å². The van der Waals surface area contributed by atoms with Gasteiger partial charge in [-0.2, -0.15) is 0 Å².